The number of rotatable bonds is 20. The van der Waals surface area contributed by atoms with Gasteiger partial charge in [0, 0.05) is 16.9 Å². The lowest BCUT2D eigenvalue weighted by Crippen LogP contribution is -2.28. The molecule has 2 aromatic rings. The second-order valence-corrected chi connectivity index (χ2v) is 10.4. The Bertz CT molecular complexity index is 1010. The van der Waals surface area contributed by atoms with Crippen molar-refractivity contribution in [1.82, 2.24) is 5.32 Å². The summed E-state index contributed by atoms with van der Waals surface area (Å²) in [5.41, 5.74) is -0.125. The molecule has 0 aliphatic rings. The fourth-order valence-corrected chi connectivity index (χ4v) is 4.57. The zero-order chi connectivity index (χ0) is 29.1. The number of hydrogen-bond acceptors (Lipinski definition) is 3. The molecule has 0 radical (unpaired) electrons. The van der Waals surface area contributed by atoms with Crippen LogP contribution in [0.2, 0.25) is 0 Å². The van der Waals surface area contributed by atoms with Gasteiger partial charge in [-0.3, -0.25) is 9.59 Å². The van der Waals surface area contributed by atoms with Gasteiger partial charge >= 0.3 is 6.18 Å². The molecule has 222 valence electrons. The maximum atomic E-state index is 12.9. The van der Waals surface area contributed by atoms with E-state index in [1.165, 1.54) is 101 Å². The second-order valence-electron chi connectivity index (χ2n) is 10.4. The van der Waals surface area contributed by atoms with E-state index in [-0.39, 0.29) is 23.7 Å². The Hall–Kier alpha value is -2.87. The highest BCUT2D eigenvalue weighted by molar-refractivity contribution is 6.05. The van der Waals surface area contributed by atoms with Gasteiger partial charge in [0.1, 0.15) is 0 Å². The summed E-state index contributed by atoms with van der Waals surface area (Å²) in [6, 6.07) is 10.8. The number of nitrogens with one attached hydrogen (secondary N) is 3. The van der Waals surface area contributed by atoms with Crippen molar-refractivity contribution in [3.63, 3.8) is 0 Å². The van der Waals surface area contributed by atoms with Crippen molar-refractivity contribution in [1.29, 1.82) is 0 Å². The molecule has 0 atom stereocenters. The van der Waals surface area contributed by atoms with Gasteiger partial charge in [-0.2, -0.15) is 13.2 Å². The van der Waals surface area contributed by atoms with E-state index in [0.29, 0.717) is 5.69 Å². The van der Waals surface area contributed by atoms with Crippen LogP contribution in [0.15, 0.2) is 48.5 Å². The molecule has 40 heavy (non-hydrogen) atoms. The Morgan fingerprint density at radius 3 is 1.77 bits per heavy atom. The molecule has 2 amide bonds. The van der Waals surface area contributed by atoms with Crippen LogP contribution in [0.5, 0.6) is 0 Å². The van der Waals surface area contributed by atoms with Crippen molar-refractivity contribution in [2.45, 2.75) is 103 Å². The van der Waals surface area contributed by atoms with Crippen molar-refractivity contribution < 1.29 is 22.8 Å². The van der Waals surface area contributed by atoms with Gasteiger partial charge in [0.15, 0.2) is 0 Å². The zero-order valence-electron chi connectivity index (χ0n) is 23.9. The molecule has 0 fully saturated rings. The number of halogens is 3. The van der Waals surface area contributed by atoms with Gasteiger partial charge in [0.05, 0.1) is 12.1 Å². The minimum absolute atomic E-state index is 0.0435. The lowest BCUT2D eigenvalue weighted by molar-refractivity contribution is -0.137. The summed E-state index contributed by atoms with van der Waals surface area (Å²) in [4.78, 5) is 24.8. The lowest BCUT2D eigenvalue weighted by atomic mass is 10.0. The number of hydrogen-bond donors (Lipinski definition) is 3. The van der Waals surface area contributed by atoms with Crippen molar-refractivity contribution in [2.75, 3.05) is 23.7 Å². The van der Waals surface area contributed by atoms with Crippen molar-refractivity contribution in [3.05, 3.63) is 59.7 Å². The highest BCUT2D eigenvalue weighted by atomic mass is 19.4. The first-order chi connectivity index (χ1) is 19.3. The molecule has 0 saturated heterocycles. The molecule has 0 heterocycles. The summed E-state index contributed by atoms with van der Waals surface area (Å²) in [6.45, 7) is 3.19. The number of alkyl halides is 3. The Balaban J connectivity index is 1.55. The molecule has 0 aliphatic heterocycles. The number of carbonyl (C=O) groups excluding carboxylic acids is 2. The monoisotopic (exact) mass is 561 g/mol. The normalized spacial score (nSPS) is 11.4. The molecule has 2 rings (SSSR count). The van der Waals surface area contributed by atoms with Crippen LogP contribution >= 0.6 is 0 Å². The maximum absolute atomic E-state index is 12.9. The topological polar surface area (TPSA) is 70.2 Å². The molecular formula is C32H46F3N3O2. The first-order valence-corrected chi connectivity index (χ1v) is 14.9. The Morgan fingerprint density at radius 1 is 0.675 bits per heavy atom. The minimum Gasteiger partial charge on any atom is -0.325 e. The molecule has 0 spiro atoms. The summed E-state index contributed by atoms with van der Waals surface area (Å²) in [5, 5.41) is 8.38. The number of amides is 2. The van der Waals surface area contributed by atoms with Gasteiger partial charge in [-0.1, -0.05) is 103 Å². The standard InChI is InChI=1S/C32H46F3N3O2/c1-2-3-4-5-6-7-8-9-10-11-12-13-14-15-22-36-25-30(39)37-28-20-16-18-26(23-28)31(40)38-29-21-17-19-27(24-29)32(33,34)35/h16-21,23-24,36H,2-15,22,25H2,1H3,(H,37,39)(H,38,40). The van der Waals surface area contributed by atoms with E-state index in [0.717, 1.165) is 31.5 Å². The van der Waals surface area contributed by atoms with Crippen LogP contribution in [0.1, 0.15) is 113 Å². The predicted molar refractivity (Wildman–Crippen MR) is 158 cm³/mol. The molecule has 0 aromatic heterocycles. The number of anilines is 2. The van der Waals surface area contributed by atoms with Crippen LogP contribution in [0.25, 0.3) is 0 Å². The van der Waals surface area contributed by atoms with E-state index in [2.05, 4.69) is 22.9 Å². The van der Waals surface area contributed by atoms with Crippen LogP contribution in [0.4, 0.5) is 24.5 Å². The number of carbonyl (C=O) groups is 2. The van der Waals surface area contributed by atoms with E-state index in [1.807, 2.05) is 0 Å². The summed E-state index contributed by atoms with van der Waals surface area (Å²) in [5.74, 6) is -0.785. The quantitative estimate of drug-likeness (QED) is 0.141. The van der Waals surface area contributed by atoms with Gasteiger partial charge < -0.3 is 16.0 Å². The summed E-state index contributed by atoms with van der Waals surface area (Å²) in [6.07, 6.45) is 13.8. The molecule has 5 nitrogen and oxygen atoms in total. The van der Waals surface area contributed by atoms with Crippen LogP contribution in [0, 0.1) is 0 Å². The van der Waals surface area contributed by atoms with E-state index in [1.54, 1.807) is 12.1 Å². The fraction of sp³-hybridized carbons (Fsp3) is 0.562. The minimum atomic E-state index is -4.49. The van der Waals surface area contributed by atoms with Crippen LogP contribution in [0.3, 0.4) is 0 Å². The molecule has 8 heteroatoms. The van der Waals surface area contributed by atoms with E-state index in [4.69, 9.17) is 0 Å². The molecule has 3 N–H and O–H groups in total. The average Bonchev–Trinajstić information content (AvgIpc) is 2.92. The third kappa shape index (κ3) is 14.5. The summed E-state index contributed by atoms with van der Waals surface area (Å²) in [7, 11) is 0. The highest BCUT2D eigenvalue weighted by Gasteiger charge is 2.30. The largest absolute Gasteiger partial charge is 0.416 e. The van der Waals surface area contributed by atoms with Crippen LogP contribution < -0.4 is 16.0 Å². The molecule has 0 bridgehead atoms. The molecule has 0 saturated carbocycles. The van der Waals surface area contributed by atoms with Gasteiger partial charge in [0.25, 0.3) is 5.91 Å². The predicted octanol–water partition coefficient (Wildman–Crippen LogP) is 8.97. The third-order valence-corrected chi connectivity index (χ3v) is 6.85. The molecule has 2 aromatic carbocycles. The average molecular weight is 562 g/mol. The number of benzene rings is 2. The van der Waals surface area contributed by atoms with E-state index < -0.39 is 17.6 Å². The second kappa shape index (κ2) is 19.2. The smallest absolute Gasteiger partial charge is 0.325 e. The SMILES string of the molecule is CCCCCCCCCCCCCCCCNCC(=O)Nc1cccc(C(=O)Nc2cccc(C(F)(F)F)c2)c1. The lowest BCUT2D eigenvalue weighted by Gasteiger charge is -2.11. The first kappa shape index (κ1) is 33.3. The van der Waals surface area contributed by atoms with Gasteiger partial charge in [0.2, 0.25) is 5.91 Å². The van der Waals surface area contributed by atoms with Crippen LogP contribution in [-0.2, 0) is 11.0 Å². The Morgan fingerprint density at radius 2 is 1.20 bits per heavy atom. The molecule has 0 aliphatic carbocycles. The van der Waals surface area contributed by atoms with Crippen molar-refractivity contribution in [3.8, 4) is 0 Å². The first-order valence-electron chi connectivity index (χ1n) is 14.9. The third-order valence-electron chi connectivity index (χ3n) is 6.85. The van der Waals surface area contributed by atoms with E-state index in [9.17, 15) is 22.8 Å². The van der Waals surface area contributed by atoms with Crippen molar-refractivity contribution in [2.24, 2.45) is 0 Å². The van der Waals surface area contributed by atoms with Crippen LogP contribution in [-0.4, -0.2) is 24.9 Å². The zero-order valence-corrected chi connectivity index (χ0v) is 23.9. The fourth-order valence-electron chi connectivity index (χ4n) is 4.57. The van der Waals surface area contributed by atoms with Crippen molar-refractivity contribution >= 4 is 23.2 Å². The highest BCUT2D eigenvalue weighted by Crippen LogP contribution is 2.30. The summed E-state index contributed by atoms with van der Waals surface area (Å²) < 4.78 is 38.7. The molecule has 0 unspecified atom stereocenters. The van der Waals surface area contributed by atoms with E-state index >= 15 is 0 Å². The number of unbranched alkanes of at least 4 members (excludes halogenated alkanes) is 13. The van der Waals surface area contributed by atoms with Gasteiger partial charge in [-0.25, -0.2) is 0 Å². The Labute approximate surface area is 237 Å². The van der Waals surface area contributed by atoms with Gasteiger partial charge in [-0.15, -0.1) is 0 Å². The maximum Gasteiger partial charge on any atom is 0.416 e. The summed E-state index contributed by atoms with van der Waals surface area (Å²) >= 11 is 0. The van der Waals surface area contributed by atoms with Gasteiger partial charge in [-0.05, 0) is 49.4 Å². The molecular weight excluding hydrogens is 515 g/mol. The Kier molecular flexibility index (Phi) is 16.0.